The predicted molar refractivity (Wildman–Crippen MR) is 62.6 cm³/mol. The molecule has 2 rings (SSSR count). The molecule has 0 aromatic rings. The summed E-state index contributed by atoms with van der Waals surface area (Å²) in [6.45, 7) is 4.11. The summed E-state index contributed by atoms with van der Waals surface area (Å²) >= 11 is 0. The van der Waals surface area contributed by atoms with Gasteiger partial charge in [0.05, 0.1) is 0 Å². The Labute approximate surface area is 112 Å². The smallest absolute Gasteiger partial charge is 0.393 e. The zero-order chi connectivity index (χ0) is 10.7. The molecule has 84 valence electrons. The molecular formula is C14H21LiO. The van der Waals surface area contributed by atoms with Crippen LogP contribution in [0.1, 0.15) is 51.4 Å². The van der Waals surface area contributed by atoms with Crippen LogP contribution >= 0.6 is 0 Å². The summed E-state index contributed by atoms with van der Waals surface area (Å²) in [5.74, 6) is 0. The van der Waals surface area contributed by atoms with Gasteiger partial charge in [-0.2, -0.15) is 12.2 Å². The van der Waals surface area contributed by atoms with Crippen LogP contribution in [-0.2, 0) is 4.74 Å². The van der Waals surface area contributed by atoms with Gasteiger partial charge in [0.25, 0.3) is 0 Å². The van der Waals surface area contributed by atoms with Gasteiger partial charge in [0.15, 0.2) is 0 Å². The molecule has 0 aromatic carbocycles. The molecule has 2 heteroatoms. The Morgan fingerprint density at radius 3 is 2.31 bits per heavy atom. The van der Waals surface area contributed by atoms with Crippen molar-refractivity contribution in [1.82, 2.24) is 0 Å². The van der Waals surface area contributed by atoms with E-state index in [4.69, 9.17) is 4.74 Å². The third-order valence-electron chi connectivity index (χ3n) is 3.76. The van der Waals surface area contributed by atoms with Gasteiger partial charge in [0.1, 0.15) is 0 Å². The van der Waals surface area contributed by atoms with E-state index in [9.17, 15) is 0 Å². The van der Waals surface area contributed by atoms with E-state index in [-0.39, 0.29) is 24.5 Å². The summed E-state index contributed by atoms with van der Waals surface area (Å²) in [4.78, 5) is 0. The maximum absolute atomic E-state index is 5.72. The Morgan fingerprint density at radius 2 is 1.81 bits per heavy atom. The van der Waals surface area contributed by atoms with Crippen molar-refractivity contribution >= 4 is 0 Å². The van der Waals surface area contributed by atoms with Crippen LogP contribution in [0.3, 0.4) is 0 Å². The molecule has 0 unspecified atom stereocenters. The van der Waals surface area contributed by atoms with Crippen molar-refractivity contribution in [3.8, 4) is 0 Å². The van der Waals surface area contributed by atoms with Crippen molar-refractivity contribution in [2.45, 2.75) is 57.0 Å². The quantitative estimate of drug-likeness (QED) is 0.486. The Hall–Kier alpha value is 0.0374. The van der Waals surface area contributed by atoms with E-state index in [1.165, 1.54) is 36.8 Å². The first kappa shape index (κ1) is 14.1. The van der Waals surface area contributed by atoms with Gasteiger partial charge in [-0.05, 0) is 12.8 Å². The first-order chi connectivity index (χ1) is 7.26. The minimum Gasteiger partial charge on any atom is -0.393 e. The van der Waals surface area contributed by atoms with Crippen LogP contribution in [0.4, 0.5) is 0 Å². The molecule has 0 amide bonds. The number of rotatable bonds is 2. The van der Waals surface area contributed by atoms with Gasteiger partial charge in [-0.15, -0.1) is 0 Å². The molecule has 2 aliphatic carbocycles. The number of hydrogen-bond donors (Lipinski definition) is 0. The Bertz CT molecular complexity index is 274. The second-order valence-corrected chi connectivity index (χ2v) is 4.82. The van der Waals surface area contributed by atoms with Crippen molar-refractivity contribution in [3.05, 3.63) is 23.8 Å². The van der Waals surface area contributed by atoms with Gasteiger partial charge < -0.3 is 4.74 Å². The summed E-state index contributed by atoms with van der Waals surface area (Å²) in [5, 5.41) is 0. The van der Waals surface area contributed by atoms with Gasteiger partial charge >= 0.3 is 18.9 Å². The van der Waals surface area contributed by atoms with E-state index in [0.717, 1.165) is 25.7 Å². The maximum Gasteiger partial charge on any atom is 1.00 e. The van der Waals surface area contributed by atoms with E-state index in [2.05, 4.69) is 12.7 Å². The summed E-state index contributed by atoms with van der Waals surface area (Å²) < 4.78 is 5.72. The van der Waals surface area contributed by atoms with Crippen LogP contribution in [0.5, 0.6) is 0 Å². The summed E-state index contributed by atoms with van der Waals surface area (Å²) in [5.41, 5.74) is 2.55. The standard InChI is InChI=1S/C14H21O.Li/c1-12-7-6-8-13(12)11-14(15-2)9-4-3-5-10-14;/h1,3-10H2,2H3;/q-1;+1. The van der Waals surface area contributed by atoms with Crippen molar-refractivity contribution in [2.75, 3.05) is 7.11 Å². The summed E-state index contributed by atoms with van der Waals surface area (Å²) in [6.07, 6.45) is 13.4. The van der Waals surface area contributed by atoms with E-state index in [1.807, 2.05) is 7.11 Å². The van der Waals surface area contributed by atoms with Crippen LogP contribution in [0.15, 0.2) is 17.7 Å². The minimum atomic E-state index is -0.0825. The second kappa shape index (κ2) is 6.10. The molecule has 0 heterocycles. The molecule has 2 aliphatic rings. The summed E-state index contributed by atoms with van der Waals surface area (Å²) in [6, 6.07) is 0. The first-order valence-electron chi connectivity index (χ1n) is 6.13. The van der Waals surface area contributed by atoms with Crippen LogP contribution in [-0.4, -0.2) is 12.7 Å². The van der Waals surface area contributed by atoms with Crippen molar-refractivity contribution in [2.24, 2.45) is 0 Å². The van der Waals surface area contributed by atoms with Gasteiger partial charge in [-0.3, -0.25) is 0 Å². The summed E-state index contributed by atoms with van der Waals surface area (Å²) in [7, 11) is 1.83. The monoisotopic (exact) mass is 212 g/mol. The molecule has 0 aromatic heterocycles. The van der Waals surface area contributed by atoms with Crippen LogP contribution in [0.2, 0.25) is 0 Å². The largest absolute Gasteiger partial charge is 1.00 e. The van der Waals surface area contributed by atoms with Crippen LogP contribution in [0, 0.1) is 6.08 Å². The van der Waals surface area contributed by atoms with Crippen LogP contribution < -0.4 is 18.9 Å². The Morgan fingerprint density at radius 1 is 1.12 bits per heavy atom. The number of ether oxygens (including phenoxy) is 1. The van der Waals surface area contributed by atoms with Crippen molar-refractivity contribution in [3.63, 3.8) is 0 Å². The zero-order valence-corrected chi connectivity index (χ0v) is 10.8. The molecule has 0 atom stereocenters. The topological polar surface area (TPSA) is 9.23 Å². The average Bonchev–Trinajstić information content (AvgIpc) is 2.66. The molecule has 0 bridgehead atoms. The van der Waals surface area contributed by atoms with E-state index >= 15 is 0 Å². The number of hydrogen-bond acceptors (Lipinski definition) is 1. The molecular weight excluding hydrogens is 191 g/mol. The van der Waals surface area contributed by atoms with Gasteiger partial charge in [0, 0.05) is 12.7 Å². The van der Waals surface area contributed by atoms with Gasteiger partial charge in [-0.1, -0.05) is 38.5 Å². The Kier molecular flexibility index (Phi) is 5.38. The first-order valence-corrected chi connectivity index (χ1v) is 6.13. The Balaban J connectivity index is 0.00000128. The molecule has 16 heavy (non-hydrogen) atoms. The second-order valence-electron chi connectivity index (χ2n) is 4.82. The van der Waals surface area contributed by atoms with Gasteiger partial charge in [0.2, 0.25) is 0 Å². The number of allylic oxidation sites excluding steroid dienone is 2. The van der Waals surface area contributed by atoms with Crippen LogP contribution in [0.25, 0.3) is 0 Å². The molecule has 2 saturated carbocycles. The van der Waals surface area contributed by atoms with E-state index in [0.29, 0.717) is 0 Å². The fourth-order valence-corrected chi connectivity index (χ4v) is 2.74. The minimum absolute atomic E-state index is 0. The zero-order valence-electron chi connectivity index (χ0n) is 10.8. The molecule has 0 spiro atoms. The van der Waals surface area contributed by atoms with Crippen molar-refractivity contribution < 1.29 is 23.6 Å². The van der Waals surface area contributed by atoms with Crippen molar-refractivity contribution in [1.29, 1.82) is 0 Å². The van der Waals surface area contributed by atoms with E-state index < -0.39 is 0 Å². The molecule has 0 aliphatic heterocycles. The maximum atomic E-state index is 5.72. The van der Waals surface area contributed by atoms with E-state index in [1.54, 1.807) is 0 Å². The molecule has 1 nitrogen and oxygen atoms in total. The fourth-order valence-electron chi connectivity index (χ4n) is 2.74. The fraction of sp³-hybridized carbons (Fsp3) is 0.714. The predicted octanol–water partition coefficient (Wildman–Crippen LogP) is 0.809. The average molecular weight is 212 g/mol. The molecule has 0 radical (unpaired) electrons. The third-order valence-corrected chi connectivity index (χ3v) is 3.76. The molecule has 0 saturated heterocycles. The van der Waals surface area contributed by atoms with Gasteiger partial charge in [-0.25, -0.2) is 11.6 Å². The normalized spacial score (nSPS) is 26.8. The molecule has 0 N–H and O–H groups in total. The molecule has 2 fully saturated rings. The number of methoxy groups -OCH3 is 1. The third kappa shape index (κ3) is 3.04. The SMILES string of the molecule is C=C1CCCC1=[C-]C1(OC)CCCCC1.[Li+].